The first-order valence-electron chi connectivity index (χ1n) is 4.22. The Morgan fingerprint density at radius 1 is 1.20 bits per heavy atom. The normalized spacial score (nSPS) is 8.93. The maximum absolute atomic E-state index is 11.4. The van der Waals surface area contributed by atoms with Gasteiger partial charge in [0.1, 0.15) is 0 Å². The number of rotatable bonds is 1. The Morgan fingerprint density at radius 2 is 1.80 bits per heavy atom. The molecule has 0 bridgehead atoms. The van der Waals surface area contributed by atoms with E-state index >= 15 is 0 Å². The molecule has 0 unspecified atom stereocenters. The van der Waals surface area contributed by atoms with Crippen LogP contribution < -0.4 is 11.5 Å². The molecule has 4 N–H and O–H groups in total. The highest BCUT2D eigenvalue weighted by atomic mass is 35.5. The third-order valence-corrected chi connectivity index (χ3v) is 1.98. The predicted octanol–water partition coefficient (Wildman–Crippen LogP) is 1.14. The lowest BCUT2D eigenvalue weighted by atomic mass is 10.1. The number of aryl methyl sites for hydroxylation is 2. The minimum atomic E-state index is -0.409. The van der Waals surface area contributed by atoms with Crippen LogP contribution in [-0.4, -0.2) is 11.9 Å². The minimum Gasteiger partial charge on any atom is -0.370 e. The van der Waals surface area contributed by atoms with E-state index in [1.165, 1.54) is 0 Å². The van der Waals surface area contributed by atoms with Crippen LogP contribution in [0.5, 0.6) is 0 Å². The van der Waals surface area contributed by atoms with Crippen molar-refractivity contribution in [3.63, 3.8) is 0 Å². The topological polar surface area (TPSA) is 81.5 Å². The number of carbonyl (C=O) groups is 1. The summed E-state index contributed by atoms with van der Waals surface area (Å²) in [6, 6.07) is 5.34. The zero-order valence-electron chi connectivity index (χ0n) is 8.65. The fourth-order valence-corrected chi connectivity index (χ4v) is 1.06. The van der Waals surface area contributed by atoms with Gasteiger partial charge in [-0.05, 0) is 37.1 Å². The summed E-state index contributed by atoms with van der Waals surface area (Å²) in [5.74, 6) is -0.624. The van der Waals surface area contributed by atoms with Crippen molar-refractivity contribution in [1.82, 2.24) is 0 Å². The summed E-state index contributed by atoms with van der Waals surface area (Å²) in [6.07, 6.45) is 0. The molecule has 1 rings (SSSR count). The number of hydrogen-bond donors (Lipinski definition) is 2. The van der Waals surface area contributed by atoms with Crippen LogP contribution in [0, 0.1) is 13.8 Å². The average molecular weight is 228 g/mol. The molecule has 0 saturated heterocycles. The van der Waals surface area contributed by atoms with Gasteiger partial charge in [0.25, 0.3) is 5.91 Å². The summed E-state index contributed by atoms with van der Waals surface area (Å²) < 4.78 is 0. The maximum Gasteiger partial charge on any atom is 0.280 e. The summed E-state index contributed by atoms with van der Waals surface area (Å²) >= 11 is 0. The van der Waals surface area contributed by atoms with Crippen molar-refractivity contribution in [3.8, 4) is 0 Å². The van der Waals surface area contributed by atoms with Crippen LogP contribution in [0.4, 0.5) is 0 Å². The third-order valence-electron chi connectivity index (χ3n) is 1.98. The van der Waals surface area contributed by atoms with E-state index in [0.717, 1.165) is 11.1 Å². The lowest BCUT2D eigenvalue weighted by molar-refractivity contribution is 0.100. The van der Waals surface area contributed by atoms with E-state index < -0.39 is 5.91 Å². The van der Waals surface area contributed by atoms with Gasteiger partial charge >= 0.3 is 0 Å². The minimum absolute atomic E-state index is 0. The predicted molar refractivity (Wildman–Crippen MR) is 63.3 cm³/mol. The summed E-state index contributed by atoms with van der Waals surface area (Å²) in [5.41, 5.74) is 12.9. The van der Waals surface area contributed by atoms with Gasteiger partial charge < -0.3 is 11.5 Å². The monoisotopic (exact) mass is 227 g/mol. The molecule has 15 heavy (non-hydrogen) atoms. The van der Waals surface area contributed by atoms with E-state index in [1.807, 2.05) is 19.9 Å². The number of amides is 1. The van der Waals surface area contributed by atoms with Crippen molar-refractivity contribution in [2.24, 2.45) is 16.5 Å². The number of nitrogens with zero attached hydrogens (tertiary/aromatic N) is 1. The summed E-state index contributed by atoms with van der Waals surface area (Å²) in [7, 11) is 0. The molecular formula is C10H14ClN3O. The first kappa shape index (κ1) is 13.4. The molecule has 5 heteroatoms. The Kier molecular flexibility index (Phi) is 4.81. The highest BCUT2D eigenvalue weighted by Gasteiger charge is 2.04. The van der Waals surface area contributed by atoms with E-state index in [9.17, 15) is 4.79 Å². The highest BCUT2D eigenvalue weighted by Crippen LogP contribution is 2.10. The van der Waals surface area contributed by atoms with Crippen LogP contribution in [0.2, 0.25) is 0 Å². The second-order valence-corrected chi connectivity index (χ2v) is 3.14. The van der Waals surface area contributed by atoms with Gasteiger partial charge in [-0.2, -0.15) is 4.99 Å². The average Bonchev–Trinajstić information content (AvgIpc) is 2.08. The standard InChI is InChI=1S/C10H13N3O.ClH/c1-6-3-4-8(5-7(6)2)9(14)13-10(11)12;/h3-5H,1-2H3,(H4,11,12,13,14);1H. The SMILES string of the molecule is Cc1ccc(C(=O)N=C(N)N)cc1C.Cl. The number of carbonyl (C=O) groups excluding carboxylic acids is 1. The zero-order chi connectivity index (χ0) is 10.7. The molecule has 4 nitrogen and oxygen atoms in total. The number of aliphatic imine (C=N–C) groups is 1. The molecule has 0 spiro atoms. The van der Waals surface area contributed by atoms with Gasteiger partial charge in [0.15, 0.2) is 5.96 Å². The van der Waals surface area contributed by atoms with Crippen LogP contribution in [0.15, 0.2) is 23.2 Å². The van der Waals surface area contributed by atoms with E-state index in [-0.39, 0.29) is 18.4 Å². The molecule has 0 radical (unpaired) electrons. The number of nitrogens with two attached hydrogens (primary N) is 2. The molecule has 0 aliphatic rings. The van der Waals surface area contributed by atoms with Crippen LogP contribution in [0.1, 0.15) is 21.5 Å². The maximum atomic E-state index is 11.4. The van der Waals surface area contributed by atoms with Crippen LogP contribution in [0.3, 0.4) is 0 Å². The molecule has 1 aromatic rings. The van der Waals surface area contributed by atoms with Gasteiger partial charge in [-0.25, -0.2) is 0 Å². The molecular weight excluding hydrogens is 214 g/mol. The van der Waals surface area contributed by atoms with Crippen LogP contribution in [-0.2, 0) is 0 Å². The fraction of sp³-hybridized carbons (Fsp3) is 0.200. The molecule has 0 aliphatic heterocycles. The van der Waals surface area contributed by atoms with Crippen molar-refractivity contribution >= 4 is 24.3 Å². The molecule has 0 aromatic heterocycles. The Bertz CT molecular complexity index is 398. The smallest absolute Gasteiger partial charge is 0.280 e. The summed E-state index contributed by atoms with van der Waals surface area (Å²) in [5, 5.41) is 0. The van der Waals surface area contributed by atoms with Crippen LogP contribution >= 0.6 is 12.4 Å². The second-order valence-electron chi connectivity index (χ2n) is 3.14. The number of halogens is 1. The van der Waals surface area contributed by atoms with Gasteiger partial charge in [-0.15, -0.1) is 12.4 Å². The lowest BCUT2D eigenvalue weighted by Gasteiger charge is -2.01. The van der Waals surface area contributed by atoms with E-state index in [2.05, 4.69) is 4.99 Å². The van der Waals surface area contributed by atoms with Crippen molar-refractivity contribution < 1.29 is 4.79 Å². The van der Waals surface area contributed by atoms with Crippen molar-refractivity contribution in [2.45, 2.75) is 13.8 Å². The third kappa shape index (κ3) is 3.59. The zero-order valence-corrected chi connectivity index (χ0v) is 9.47. The first-order chi connectivity index (χ1) is 6.50. The Hall–Kier alpha value is -1.55. The van der Waals surface area contributed by atoms with Gasteiger partial charge in [-0.3, -0.25) is 4.79 Å². The molecule has 1 amide bonds. The first-order valence-corrected chi connectivity index (χ1v) is 4.22. The number of hydrogen-bond acceptors (Lipinski definition) is 1. The lowest BCUT2D eigenvalue weighted by Crippen LogP contribution is -2.24. The molecule has 1 aromatic carbocycles. The summed E-state index contributed by atoms with van der Waals surface area (Å²) in [4.78, 5) is 14.8. The van der Waals surface area contributed by atoms with Gasteiger partial charge in [0.2, 0.25) is 0 Å². The Labute approximate surface area is 94.8 Å². The van der Waals surface area contributed by atoms with E-state index in [0.29, 0.717) is 5.56 Å². The van der Waals surface area contributed by atoms with Gasteiger partial charge in [0, 0.05) is 5.56 Å². The summed E-state index contributed by atoms with van der Waals surface area (Å²) in [6.45, 7) is 3.91. The van der Waals surface area contributed by atoms with Crippen LogP contribution in [0.25, 0.3) is 0 Å². The van der Waals surface area contributed by atoms with Crippen molar-refractivity contribution in [3.05, 3.63) is 34.9 Å². The Balaban J connectivity index is 0.00000196. The van der Waals surface area contributed by atoms with Gasteiger partial charge in [0.05, 0.1) is 0 Å². The van der Waals surface area contributed by atoms with Crippen molar-refractivity contribution in [1.29, 1.82) is 0 Å². The largest absolute Gasteiger partial charge is 0.370 e. The molecule has 0 fully saturated rings. The second kappa shape index (κ2) is 5.36. The fourth-order valence-electron chi connectivity index (χ4n) is 1.06. The number of benzene rings is 1. The highest BCUT2D eigenvalue weighted by molar-refractivity contribution is 6.01. The van der Waals surface area contributed by atoms with Crippen molar-refractivity contribution in [2.75, 3.05) is 0 Å². The molecule has 0 heterocycles. The number of guanidine groups is 1. The molecule has 0 aliphatic carbocycles. The van der Waals surface area contributed by atoms with Gasteiger partial charge in [-0.1, -0.05) is 6.07 Å². The quantitative estimate of drug-likeness (QED) is 0.558. The Morgan fingerprint density at radius 3 is 2.27 bits per heavy atom. The molecule has 82 valence electrons. The molecule has 0 saturated carbocycles. The van der Waals surface area contributed by atoms with E-state index in [4.69, 9.17) is 11.5 Å². The van der Waals surface area contributed by atoms with E-state index in [1.54, 1.807) is 12.1 Å². The molecule has 0 atom stereocenters.